The van der Waals surface area contributed by atoms with Crippen LogP contribution in [-0.4, -0.2) is 12.8 Å². The lowest BCUT2D eigenvalue weighted by Crippen LogP contribution is -2.39. The van der Waals surface area contributed by atoms with Gasteiger partial charge < -0.3 is 5.43 Å². The Morgan fingerprint density at radius 2 is 1.64 bits per heavy atom. The van der Waals surface area contributed by atoms with Gasteiger partial charge in [-0.3, -0.25) is 0 Å². The van der Waals surface area contributed by atoms with Crippen molar-refractivity contribution in [2.24, 2.45) is 0 Å². The molecule has 1 heterocycles. The third-order valence-corrected chi connectivity index (χ3v) is 6.36. The zero-order chi connectivity index (χ0) is 19.7. The highest BCUT2D eigenvalue weighted by atomic mass is 32.2. The summed E-state index contributed by atoms with van der Waals surface area (Å²) in [6, 6.07) is 21.4. The van der Waals surface area contributed by atoms with Gasteiger partial charge in [0.15, 0.2) is 0 Å². The second kappa shape index (κ2) is 7.22. The van der Waals surface area contributed by atoms with Crippen LogP contribution in [0.2, 0.25) is 0 Å². The van der Waals surface area contributed by atoms with Gasteiger partial charge in [-0.05, 0) is 48.4 Å². The number of aryl methyl sites for hydroxylation is 1. The molecule has 1 atom stereocenters. The highest BCUT2D eigenvalue weighted by Crippen LogP contribution is 2.35. The predicted octanol–water partition coefficient (Wildman–Crippen LogP) is 4.43. The zero-order valence-electron chi connectivity index (χ0n) is 15.2. The van der Waals surface area contributed by atoms with Gasteiger partial charge in [0, 0.05) is 0 Å². The number of benzene rings is 3. The Hall–Kier alpha value is -2.96. The summed E-state index contributed by atoms with van der Waals surface area (Å²) >= 11 is 0. The second-order valence-corrected chi connectivity index (χ2v) is 8.49. The number of nitrogens with zero attached hydrogens (tertiary/aromatic N) is 1. The van der Waals surface area contributed by atoms with E-state index in [1.54, 1.807) is 42.5 Å². The lowest BCUT2D eigenvalue weighted by molar-refractivity contribution is 0.347. The van der Waals surface area contributed by atoms with Crippen molar-refractivity contribution in [3.8, 4) is 0 Å². The molecule has 0 bridgehead atoms. The van der Waals surface area contributed by atoms with E-state index in [2.05, 4.69) is 5.43 Å². The van der Waals surface area contributed by atoms with Crippen molar-refractivity contribution >= 4 is 15.7 Å². The monoisotopic (exact) mass is 394 g/mol. The SMILES string of the molecule is Cc1ccc(S(=O)(=O)N2NC(c3ccccc3)=C[C@@H]2c2cccc(F)c2)cc1. The summed E-state index contributed by atoms with van der Waals surface area (Å²) < 4.78 is 41.7. The van der Waals surface area contributed by atoms with Crippen molar-refractivity contribution in [3.05, 3.63) is 107 Å². The van der Waals surface area contributed by atoms with Crippen molar-refractivity contribution in [2.75, 3.05) is 0 Å². The summed E-state index contributed by atoms with van der Waals surface area (Å²) in [4.78, 5) is 0.176. The fourth-order valence-electron chi connectivity index (χ4n) is 3.19. The molecule has 0 fully saturated rings. The number of nitrogens with one attached hydrogen (secondary N) is 1. The van der Waals surface area contributed by atoms with Gasteiger partial charge in [-0.25, -0.2) is 12.8 Å². The van der Waals surface area contributed by atoms with Gasteiger partial charge in [0.25, 0.3) is 10.0 Å². The summed E-state index contributed by atoms with van der Waals surface area (Å²) in [5, 5.41) is 0. The molecule has 1 aliphatic rings. The van der Waals surface area contributed by atoms with Crippen LogP contribution in [0.15, 0.2) is 89.8 Å². The predicted molar refractivity (Wildman–Crippen MR) is 107 cm³/mol. The first kappa shape index (κ1) is 18.4. The molecule has 4 nitrogen and oxygen atoms in total. The first-order chi connectivity index (χ1) is 13.4. The lowest BCUT2D eigenvalue weighted by atomic mass is 10.1. The van der Waals surface area contributed by atoms with Crippen LogP contribution in [-0.2, 0) is 10.0 Å². The smallest absolute Gasteiger partial charge is 0.260 e. The van der Waals surface area contributed by atoms with E-state index in [1.807, 2.05) is 37.3 Å². The Morgan fingerprint density at radius 3 is 2.32 bits per heavy atom. The van der Waals surface area contributed by atoms with Crippen LogP contribution in [0.3, 0.4) is 0 Å². The van der Waals surface area contributed by atoms with Crippen LogP contribution < -0.4 is 5.43 Å². The highest BCUT2D eigenvalue weighted by Gasteiger charge is 2.37. The lowest BCUT2D eigenvalue weighted by Gasteiger charge is -2.25. The molecule has 0 saturated carbocycles. The minimum atomic E-state index is -3.86. The van der Waals surface area contributed by atoms with Gasteiger partial charge in [0.05, 0.1) is 16.6 Å². The van der Waals surface area contributed by atoms with Gasteiger partial charge in [0.2, 0.25) is 0 Å². The normalized spacial score (nSPS) is 17.2. The molecule has 3 aromatic carbocycles. The number of sulfonamides is 1. The standard InChI is InChI=1S/C22H19FN2O2S/c1-16-10-12-20(13-11-16)28(26,27)25-22(18-8-5-9-19(23)14-18)15-21(24-25)17-6-3-2-4-7-17/h2-15,22,24H,1H3/t22-/m1/s1. The van der Waals surface area contributed by atoms with Crippen molar-refractivity contribution < 1.29 is 12.8 Å². The minimum Gasteiger partial charge on any atom is -0.304 e. The van der Waals surface area contributed by atoms with Gasteiger partial charge in [-0.1, -0.05) is 60.2 Å². The average molecular weight is 394 g/mol. The summed E-state index contributed by atoms with van der Waals surface area (Å²) in [7, 11) is -3.86. The molecule has 4 rings (SSSR count). The van der Waals surface area contributed by atoms with E-state index in [1.165, 1.54) is 16.5 Å². The molecule has 0 unspecified atom stereocenters. The Balaban J connectivity index is 1.80. The third-order valence-electron chi connectivity index (χ3n) is 4.66. The molecule has 1 aliphatic heterocycles. The quantitative estimate of drug-likeness (QED) is 0.712. The first-order valence-electron chi connectivity index (χ1n) is 8.85. The minimum absolute atomic E-state index is 0.176. The number of hydrazine groups is 1. The largest absolute Gasteiger partial charge is 0.304 e. The molecule has 0 saturated heterocycles. The van der Waals surface area contributed by atoms with Crippen molar-refractivity contribution in [3.63, 3.8) is 0 Å². The highest BCUT2D eigenvalue weighted by molar-refractivity contribution is 7.89. The molecule has 1 N–H and O–H groups in total. The molecule has 28 heavy (non-hydrogen) atoms. The van der Waals surface area contributed by atoms with Crippen LogP contribution >= 0.6 is 0 Å². The van der Waals surface area contributed by atoms with Crippen LogP contribution in [0, 0.1) is 12.7 Å². The zero-order valence-corrected chi connectivity index (χ0v) is 16.0. The topological polar surface area (TPSA) is 49.4 Å². The first-order valence-corrected chi connectivity index (χ1v) is 10.3. The maximum Gasteiger partial charge on any atom is 0.260 e. The van der Waals surface area contributed by atoms with E-state index in [0.717, 1.165) is 11.1 Å². The number of hydrogen-bond donors (Lipinski definition) is 1. The van der Waals surface area contributed by atoms with Gasteiger partial charge in [-0.15, -0.1) is 4.41 Å². The Bertz CT molecular complexity index is 1130. The Morgan fingerprint density at radius 1 is 0.929 bits per heavy atom. The maximum absolute atomic E-state index is 13.8. The van der Waals surface area contributed by atoms with Crippen LogP contribution in [0.1, 0.15) is 22.7 Å². The molecule has 0 amide bonds. The van der Waals surface area contributed by atoms with E-state index in [-0.39, 0.29) is 4.90 Å². The summed E-state index contributed by atoms with van der Waals surface area (Å²) in [6.07, 6.45) is 1.80. The fraction of sp³-hybridized carbons (Fsp3) is 0.0909. The molecule has 6 heteroatoms. The number of hydrogen-bond acceptors (Lipinski definition) is 3. The number of rotatable bonds is 4. The van der Waals surface area contributed by atoms with Gasteiger partial charge >= 0.3 is 0 Å². The fourth-order valence-corrected chi connectivity index (χ4v) is 4.59. The van der Waals surface area contributed by atoms with Crippen molar-refractivity contribution in [1.29, 1.82) is 0 Å². The molecule has 3 aromatic rings. The van der Waals surface area contributed by atoms with Crippen LogP contribution in [0.25, 0.3) is 5.70 Å². The van der Waals surface area contributed by atoms with Gasteiger partial charge in [0.1, 0.15) is 5.82 Å². The van der Waals surface area contributed by atoms with Crippen molar-refractivity contribution in [2.45, 2.75) is 17.9 Å². The molecule has 0 aliphatic carbocycles. The summed E-state index contributed by atoms with van der Waals surface area (Å²) in [5.74, 6) is -0.410. The van der Waals surface area contributed by atoms with Crippen LogP contribution in [0.5, 0.6) is 0 Å². The molecule has 0 radical (unpaired) electrons. The average Bonchev–Trinajstić information content (AvgIpc) is 3.15. The van der Waals surface area contributed by atoms with E-state index >= 15 is 0 Å². The van der Waals surface area contributed by atoms with Crippen molar-refractivity contribution in [1.82, 2.24) is 9.84 Å². The maximum atomic E-state index is 13.8. The summed E-state index contributed by atoms with van der Waals surface area (Å²) in [6.45, 7) is 1.90. The number of halogens is 1. The van der Waals surface area contributed by atoms with E-state index in [0.29, 0.717) is 11.3 Å². The third kappa shape index (κ3) is 3.44. The Labute approximate surface area is 164 Å². The molecule has 142 valence electrons. The van der Waals surface area contributed by atoms with Gasteiger partial charge in [-0.2, -0.15) is 0 Å². The molecular formula is C22H19FN2O2S. The molecule has 0 spiro atoms. The van der Waals surface area contributed by atoms with E-state index in [9.17, 15) is 12.8 Å². The van der Waals surface area contributed by atoms with Crippen LogP contribution in [0.4, 0.5) is 4.39 Å². The molecule has 0 aromatic heterocycles. The van der Waals surface area contributed by atoms with E-state index < -0.39 is 21.9 Å². The van der Waals surface area contributed by atoms with E-state index in [4.69, 9.17) is 0 Å². The Kier molecular flexibility index (Phi) is 4.75. The summed E-state index contributed by atoms with van der Waals surface area (Å²) in [5.41, 5.74) is 6.04. The molecular weight excluding hydrogens is 375 g/mol. The second-order valence-electron chi connectivity index (χ2n) is 6.67.